The molecule has 0 bridgehead atoms. The van der Waals surface area contributed by atoms with Crippen LogP contribution < -0.4 is 10.1 Å². The van der Waals surface area contributed by atoms with E-state index in [4.69, 9.17) is 9.47 Å². The minimum atomic E-state index is -1.16. The van der Waals surface area contributed by atoms with Crippen molar-refractivity contribution in [3.8, 4) is 11.5 Å². The summed E-state index contributed by atoms with van der Waals surface area (Å²) in [6, 6.07) is 11.5. The smallest absolute Gasteiger partial charge is 0.409 e. The number of piperazine rings is 1. The van der Waals surface area contributed by atoms with Gasteiger partial charge in [-0.3, -0.25) is 14.4 Å². The maximum absolute atomic E-state index is 13.5. The summed E-state index contributed by atoms with van der Waals surface area (Å²) in [5, 5.41) is 21.8. The van der Waals surface area contributed by atoms with E-state index in [1.165, 1.54) is 34.1 Å². The Kier molecular flexibility index (Phi) is 9.76. The average Bonchev–Trinajstić information content (AvgIpc) is 2.98. The molecule has 2 heterocycles. The van der Waals surface area contributed by atoms with Gasteiger partial charge in [0.1, 0.15) is 23.2 Å². The number of hydrogen-bond acceptors (Lipinski definition) is 8. The number of carboxylic acid groups (broad SMARTS) is 2. The van der Waals surface area contributed by atoms with E-state index in [-0.39, 0.29) is 68.4 Å². The molecule has 226 valence electrons. The molecular weight excluding hydrogens is 560 g/mol. The van der Waals surface area contributed by atoms with Crippen LogP contribution in [0.5, 0.6) is 11.5 Å². The quantitative estimate of drug-likeness (QED) is 0.317. The zero-order valence-corrected chi connectivity index (χ0v) is 23.7. The molecule has 1 fully saturated rings. The number of nitrogens with one attached hydrogen (secondary N) is 1. The third-order valence-corrected chi connectivity index (χ3v) is 6.84. The van der Waals surface area contributed by atoms with Gasteiger partial charge in [-0.1, -0.05) is 12.1 Å². The second-order valence-electron chi connectivity index (χ2n) is 9.93. The van der Waals surface area contributed by atoms with Crippen LogP contribution >= 0.6 is 0 Å². The van der Waals surface area contributed by atoms with E-state index in [1.54, 1.807) is 25.1 Å². The maximum Gasteiger partial charge on any atom is 0.409 e. The number of benzene rings is 2. The number of carboxylic acids is 2. The molecule has 43 heavy (non-hydrogen) atoms. The SMILES string of the molecule is CCOC(=O)N1CCN(C(=O)[C@H](CCC(=O)O)NC(=O)c2cc(Oc3cccc(C(=O)O)c3)c3ccc(C)cc3n2)CC1. The normalized spacial score (nSPS) is 13.7. The fraction of sp³-hybridized carbons (Fsp3) is 0.333. The summed E-state index contributed by atoms with van der Waals surface area (Å²) in [6.07, 6.45) is -0.996. The van der Waals surface area contributed by atoms with Crippen LogP contribution in [0.3, 0.4) is 0 Å². The molecule has 0 aliphatic carbocycles. The standard InChI is InChI=1S/C30H32N4O9/c1-3-42-30(41)34-13-11-33(12-14-34)28(38)22(9-10-26(35)36)32-27(37)24-17-25(21-8-7-18(2)15-23(21)31-24)43-20-6-4-5-19(16-20)29(39)40/h4-8,15-17,22H,3,9-14H2,1-2H3,(H,32,37)(H,35,36)(H,39,40)/t22-/m0/s1. The number of nitrogens with zero attached hydrogens (tertiary/aromatic N) is 3. The second-order valence-corrected chi connectivity index (χ2v) is 9.93. The number of rotatable bonds is 10. The Morgan fingerprint density at radius 1 is 0.977 bits per heavy atom. The highest BCUT2D eigenvalue weighted by molar-refractivity contribution is 5.99. The first-order valence-electron chi connectivity index (χ1n) is 13.7. The third kappa shape index (κ3) is 7.76. The van der Waals surface area contributed by atoms with Crippen LogP contribution in [0, 0.1) is 6.92 Å². The van der Waals surface area contributed by atoms with Crippen molar-refractivity contribution >= 4 is 40.7 Å². The Hall–Kier alpha value is -5.20. The predicted molar refractivity (Wildman–Crippen MR) is 153 cm³/mol. The van der Waals surface area contributed by atoms with Crippen LogP contribution in [-0.4, -0.2) is 93.7 Å². The van der Waals surface area contributed by atoms with E-state index in [2.05, 4.69) is 10.3 Å². The minimum absolute atomic E-state index is 0.0209. The Morgan fingerprint density at radius 2 is 1.70 bits per heavy atom. The molecule has 1 aliphatic rings. The Balaban J connectivity index is 1.58. The number of carbonyl (C=O) groups excluding carboxylic acids is 3. The lowest BCUT2D eigenvalue weighted by molar-refractivity contribution is -0.138. The zero-order valence-electron chi connectivity index (χ0n) is 23.7. The first-order chi connectivity index (χ1) is 20.5. The Morgan fingerprint density at radius 3 is 2.37 bits per heavy atom. The number of aryl methyl sites for hydroxylation is 1. The summed E-state index contributed by atoms with van der Waals surface area (Å²) < 4.78 is 11.0. The van der Waals surface area contributed by atoms with Crippen LogP contribution in [-0.2, 0) is 14.3 Å². The highest BCUT2D eigenvalue weighted by Crippen LogP contribution is 2.31. The number of pyridine rings is 1. The molecule has 13 nitrogen and oxygen atoms in total. The van der Waals surface area contributed by atoms with E-state index >= 15 is 0 Å². The van der Waals surface area contributed by atoms with Gasteiger partial charge in [0.05, 0.1) is 17.7 Å². The molecule has 0 spiro atoms. The Labute approximate surface area is 247 Å². The monoisotopic (exact) mass is 592 g/mol. The van der Waals surface area contributed by atoms with Crippen molar-refractivity contribution < 1.29 is 43.7 Å². The second kappa shape index (κ2) is 13.6. The molecular formula is C30H32N4O9. The minimum Gasteiger partial charge on any atom is -0.481 e. The molecule has 3 amide bonds. The van der Waals surface area contributed by atoms with Crippen molar-refractivity contribution in [1.82, 2.24) is 20.1 Å². The van der Waals surface area contributed by atoms with E-state index in [0.717, 1.165) is 5.56 Å². The van der Waals surface area contributed by atoms with E-state index in [0.29, 0.717) is 10.9 Å². The van der Waals surface area contributed by atoms with E-state index in [9.17, 15) is 34.2 Å². The summed E-state index contributed by atoms with van der Waals surface area (Å²) >= 11 is 0. The molecule has 4 rings (SSSR count). The summed E-state index contributed by atoms with van der Waals surface area (Å²) in [7, 11) is 0. The highest BCUT2D eigenvalue weighted by atomic mass is 16.6. The van der Waals surface area contributed by atoms with Gasteiger partial charge in [-0.25, -0.2) is 14.6 Å². The highest BCUT2D eigenvalue weighted by Gasteiger charge is 2.31. The molecule has 1 aromatic heterocycles. The molecule has 0 unspecified atom stereocenters. The summed E-state index contributed by atoms with van der Waals surface area (Å²) in [5.74, 6) is -2.98. The van der Waals surface area contributed by atoms with Crippen molar-refractivity contribution in [2.45, 2.75) is 32.7 Å². The van der Waals surface area contributed by atoms with E-state index in [1.807, 2.05) is 13.0 Å². The number of ether oxygens (including phenoxy) is 2. The van der Waals surface area contributed by atoms with Gasteiger partial charge in [0.2, 0.25) is 5.91 Å². The van der Waals surface area contributed by atoms with Crippen molar-refractivity contribution in [2.75, 3.05) is 32.8 Å². The van der Waals surface area contributed by atoms with Crippen LogP contribution in [0.25, 0.3) is 10.9 Å². The van der Waals surface area contributed by atoms with E-state index < -0.39 is 35.9 Å². The molecule has 2 aromatic carbocycles. The Bertz CT molecular complexity index is 1550. The molecule has 3 N–H and O–H groups in total. The van der Waals surface area contributed by atoms with Crippen molar-refractivity contribution in [3.63, 3.8) is 0 Å². The number of amides is 3. The number of carbonyl (C=O) groups is 5. The summed E-state index contributed by atoms with van der Waals surface area (Å²) in [4.78, 5) is 69.1. The molecule has 0 radical (unpaired) electrons. The third-order valence-electron chi connectivity index (χ3n) is 6.84. The maximum atomic E-state index is 13.5. The van der Waals surface area contributed by atoms with Gasteiger partial charge in [0, 0.05) is 44.1 Å². The number of aromatic nitrogens is 1. The van der Waals surface area contributed by atoms with Crippen LogP contribution in [0.1, 0.15) is 46.2 Å². The molecule has 1 atom stereocenters. The molecule has 3 aromatic rings. The van der Waals surface area contributed by atoms with Crippen LogP contribution in [0.4, 0.5) is 4.79 Å². The van der Waals surface area contributed by atoms with Gasteiger partial charge >= 0.3 is 18.0 Å². The van der Waals surface area contributed by atoms with Gasteiger partial charge in [-0.05, 0) is 56.2 Å². The first-order valence-corrected chi connectivity index (χ1v) is 13.7. The number of aliphatic carboxylic acids is 1. The predicted octanol–water partition coefficient (Wildman–Crippen LogP) is 3.30. The van der Waals surface area contributed by atoms with Crippen molar-refractivity contribution in [2.24, 2.45) is 0 Å². The number of hydrogen-bond donors (Lipinski definition) is 3. The number of aromatic carboxylic acids is 1. The fourth-order valence-electron chi connectivity index (χ4n) is 4.63. The van der Waals surface area contributed by atoms with Crippen molar-refractivity contribution in [3.05, 3.63) is 65.4 Å². The lowest BCUT2D eigenvalue weighted by atomic mass is 10.1. The van der Waals surface area contributed by atoms with Crippen LogP contribution in [0.15, 0.2) is 48.5 Å². The van der Waals surface area contributed by atoms with Crippen molar-refractivity contribution in [1.29, 1.82) is 0 Å². The topological polar surface area (TPSA) is 176 Å². The fourth-order valence-corrected chi connectivity index (χ4v) is 4.63. The lowest BCUT2D eigenvalue weighted by Crippen LogP contribution is -2.56. The van der Waals surface area contributed by atoms with Gasteiger partial charge in [-0.15, -0.1) is 0 Å². The van der Waals surface area contributed by atoms with Gasteiger partial charge in [-0.2, -0.15) is 0 Å². The molecule has 1 aliphatic heterocycles. The average molecular weight is 593 g/mol. The summed E-state index contributed by atoms with van der Waals surface area (Å²) in [6.45, 7) is 4.64. The molecule has 13 heteroatoms. The van der Waals surface area contributed by atoms with Gasteiger partial charge in [0.25, 0.3) is 5.91 Å². The largest absolute Gasteiger partial charge is 0.481 e. The molecule has 0 saturated carbocycles. The van der Waals surface area contributed by atoms with Gasteiger partial charge < -0.3 is 34.8 Å². The number of fused-ring (bicyclic) bond motifs is 1. The summed E-state index contributed by atoms with van der Waals surface area (Å²) in [5.41, 5.74) is 1.24. The lowest BCUT2D eigenvalue weighted by Gasteiger charge is -2.35. The molecule has 1 saturated heterocycles. The first kappa shape index (κ1) is 30.8. The zero-order chi connectivity index (χ0) is 31.1. The van der Waals surface area contributed by atoms with Crippen LogP contribution in [0.2, 0.25) is 0 Å². The van der Waals surface area contributed by atoms with Gasteiger partial charge in [0.15, 0.2) is 0 Å².